The summed E-state index contributed by atoms with van der Waals surface area (Å²) in [5.41, 5.74) is 2.15. The molecule has 1 N–H and O–H groups in total. The second kappa shape index (κ2) is 7.96. The largest absolute Gasteiger partial charge is 0.416 e. The molecule has 0 radical (unpaired) electrons. The molecule has 3 rings (SSSR count). The van der Waals surface area contributed by atoms with Gasteiger partial charge in [-0.1, -0.05) is 36.4 Å². The third-order valence-corrected chi connectivity index (χ3v) is 4.69. The van der Waals surface area contributed by atoms with Crippen molar-refractivity contribution in [2.45, 2.75) is 12.6 Å². The van der Waals surface area contributed by atoms with Gasteiger partial charge in [-0.05, 0) is 35.8 Å². The van der Waals surface area contributed by atoms with Crippen LogP contribution in [0.2, 0.25) is 0 Å². The van der Waals surface area contributed by atoms with Crippen LogP contribution in [0.1, 0.15) is 17.5 Å². The van der Waals surface area contributed by atoms with E-state index in [4.69, 9.17) is 0 Å². The van der Waals surface area contributed by atoms with Crippen molar-refractivity contribution in [3.8, 4) is 0 Å². The molecule has 1 heterocycles. The standard InChI is InChI=1S/C21H22F3N3O/c1-26(2)19-9-8-17(21(22,23)24)14-18(19)25-20(28)27-12-10-16(11-13-27)15-6-4-3-5-7-15/h3-10,14H,11-13H2,1-2H3,(H,25,28). The summed E-state index contributed by atoms with van der Waals surface area (Å²) >= 11 is 0. The van der Waals surface area contributed by atoms with E-state index in [9.17, 15) is 18.0 Å². The minimum atomic E-state index is -4.47. The second-order valence-corrected chi connectivity index (χ2v) is 6.85. The molecule has 28 heavy (non-hydrogen) atoms. The summed E-state index contributed by atoms with van der Waals surface area (Å²) in [4.78, 5) is 15.9. The highest BCUT2D eigenvalue weighted by Crippen LogP contribution is 2.35. The van der Waals surface area contributed by atoms with Gasteiger partial charge in [0.25, 0.3) is 0 Å². The average Bonchev–Trinajstić information content (AvgIpc) is 2.68. The number of urea groups is 1. The van der Waals surface area contributed by atoms with E-state index in [1.807, 2.05) is 36.4 Å². The Bertz CT molecular complexity index is 876. The molecule has 1 aliphatic rings. The van der Waals surface area contributed by atoms with Gasteiger partial charge < -0.3 is 15.1 Å². The van der Waals surface area contributed by atoms with Crippen LogP contribution in [0, 0.1) is 0 Å². The van der Waals surface area contributed by atoms with Crippen molar-refractivity contribution < 1.29 is 18.0 Å². The number of nitrogens with one attached hydrogen (secondary N) is 1. The zero-order chi connectivity index (χ0) is 20.3. The molecule has 2 aromatic carbocycles. The summed E-state index contributed by atoms with van der Waals surface area (Å²) in [5.74, 6) is 0. The van der Waals surface area contributed by atoms with E-state index in [2.05, 4.69) is 5.32 Å². The lowest BCUT2D eigenvalue weighted by molar-refractivity contribution is -0.137. The lowest BCUT2D eigenvalue weighted by Gasteiger charge is -2.28. The fraction of sp³-hybridized carbons (Fsp3) is 0.286. The highest BCUT2D eigenvalue weighted by Gasteiger charge is 2.31. The van der Waals surface area contributed by atoms with Crippen LogP contribution < -0.4 is 10.2 Å². The number of carbonyl (C=O) groups excluding carboxylic acids is 1. The van der Waals surface area contributed by atoms with Crippen molar-refractivity contribution in [2.75, 3.05) is 37.4 Å². The normalized spacial score (nSPS) is 14.5. The van der Waals surface area contributed by atoms with Crippen molar-refractivity contribution in [1.82, 2.24) is 4.90 Å². The summed E-state index contributed by atoms with van der Waals surface area (Å²) in [6.45, 7) is 0.912. The highest BCUT2D eigenvalue weighted by atomic mass is 19.4. The number of rotatable bonds is 3. The van der Waals surface area contributed by atoms with Crippen LogP contribution in [0.5, 0.6) is 0 Å². The molecule has 0 aromatic heterocycles. The Morgan fingerprint density at radius 1 is 1.11 bits per heavy atom. The molecule has 0 fully saturated rings. The minimum absolute atomic E-state index is 0.141. The first-order valence-electron chi connectivity index (χ1n) is 8.94. The number of benzene rings is 2. The molecule has 0 unspecified atom stereocenters. The Balaban J connectivity index is 1.75. The number of amides is 2. The maximum atomic E-state index is 13.1. The van der Waals surface area contributed by atoms with Gasteiger partial charge in [0.15, 0.2) is 0 Å². The Kier molecular flexibility index (Phi) is 5.63. The van der Waals surface area contributed by atoms with E-state index in [0.29, 0.717) is 25.2 Å². The highest BCUT2D eigenvalue weighted by molar-refractivity contribution is 5.94. The molecule has 4 nitrogen and oxygen atoms in total. The first kappa shape index (κ1) is 19.8. The number of hydrogen-bond acceptors (Lipinski definition) is 2. The van der Waals surface area contributed by atoms with Gasteiger partial charge in [0, 0.05) is 27.2 Å². The summed E-state index contributed by atoms with van der Waals surface area (Å²) in [6.07, 6.45) is -1.79. The number of carbonyl (C=O) groups is 1. The Hall–Kier alpha value is -2.96. The number of halogens is 3. The molecule has 0 saturated carbocycles. The lowest BCUT2D eigenvalue weighted by atomic mass is 10.00. The monoisotopic (exact) mass is 389 g/mol. The maximum Gasteiger partial charge on any atom is 0.416 e. The molecular weight excluding hydrogens is 367 g/mol. The summed E-state index contributed by atoms with van der Waals surface area (Å²) in [5, 5.41) is 2.64. The van der Waals surface area contributed by atoms with E-state index in [1.54, 1.807) is 23.9 Å². The summed E-state index contributed by atoms with van der Waals surface area (Å²) in [7, 11) is 3.43. The zero-order valence-corrected chi connectivity index (χ0v) is 15.8. The van der Waals surface area contributed by atoms with Crippen LogP contribution in [-0.4, -0.2) is 38.1 Å². The van der Waals surface area contributed by atoms with Gasteiger partial charge >= 0.3 is 12.2 Å². The molecule has 0 atom stereocenters. The van der Waals surface area contributed by atoms with E-state index >= 15 is 0 Å². The van der Waals surface area contributed by atoms with Gasteiger partial charge in [-0.3, -0.25) is 0 Å². The van der Waals surface area contributed by atoms with E-state index in [-0.39, 0.29) is 5.69 Å². The predicted molar refractivity (Wildman–Crippen MR) is 105 cm³/mol. The SMILES string of the molecule is CN(C)c1ccc(C(F)(F)F)cc1NC(=O)N1CC=C(c2ccccc2)CC1. The van der Waals surface area contributed by atoms with Crippen LogP contribution >= 0.6 is 0 Å². The number of anilines is 2. The molecule has 1 aliphatic heterocycles. The minimum Gasteiger partial charge on any atom is -0.376 e. The number of hydrogen-bond donors (Lipinski definition) is 1. The fourth-order valence-electron chi connectivity index (χ4n) is 3.16. The summed E-state index contributed by atoms with van der Waals surface area (Å²) in [6, 6.07) is 12.9. The first-order valence-corrected chi connectivity index (χ1v) is 8.94. The van der Waals surface area contributed by atoms with Crippen LogP contribution in [0.4, 0.5) is 29.3 Å². The van der Waals surface area contributed by atoms with Gasteiger partial charge in [0.05, 0.1) is 16.9 Å². The average molecular weight is 389 g/mol. The molecule has 0 aliphatic carbocycles. The van der Waals surface area contributed by atoms with E-state index in [0.717, 1.165) is 23.3 Å². The molecular formula is C21H22F3N3O. The van der Waals surface area contributed by atoms with Gasteiger partial charge in [0.2, 0.25) is 0 Å². The van der Waals surface area contributed by atoms with Gasteiger partial charge in [0.1, 0.15) is 0 Å². The van der Waals surface area contributed by atoms with E-state index < -0.39 is 17.8 Å². The molecule has 0 spiro atoms. The molecule has 2 aromatic rings. The van der Waals surface area contributed by atoms with Gasteiger partial charge in [-0.25, -0.2) is 4.79 Å². The van der Waals surface area contributed by atoms with Crippen molar-refractivity contribution in [3.63, 3.8) is 0 Å². The van der Waals surface area contributed by atoms with Crippen LogP contribution in [0.25, 0.3) is 5.57 Å². The van der Waals surface area contributed by atoms with Crippen LogP contribution in [0.15, 0.2) is 54.6 Å². The fourth-order valence-corrected chi connectivity index (χ4v) is 3.16. The number of alkyl halides is 3. The molecule has 148 valence electrons. The van der Waals surface area contributed by atoms with Crippen LogP contribution in [-0.2, 0) is 6.18 Å². The predicted octanol–water partition coefficient (Wildman–Crippen LogP) is 5.09. The van der Waals surface area contributed by atoms with Crippen molar-refractivity contribution in [2.24, 2.45) is 0 Å². The van der Waals surface area contributed by atoms with Crippen molar-refractivity contribution in [3.05, 3.63) is 65.7 Å². The third-order valence-electron chi connectivity index (χ3n) is 4.69. The first-order chi connectivity index (χ1) is 13.3. The third kappa shape index (κ3) is 4.47. The molecule has 0 bridgehead atoms. The van der Waals surface area contributed by atoms with Gasteiger partial charge in [-0.15, -0.1) is 0 Å². The lowest BCUT2D eigenvalue weighted by Crippen LogP contribution is -2.38. The zero-order valence-electron chi connectivity index (χ0n) is 15.8. The molecule has 7 heteroatoms. The Morgan fingerprint density at radius 2 is 1.82 bits per heavy atom. The van der Waals surface area contributed by atoms with Crippen molar-refractivity contribution >= 4 is 23.0 Å². The number of nitrogens with zero attached hydrogens (tertiary/aromatic N) is 2. The van der Waals surface area contributed by atoms with E-state index in [1.165, 1.54) is 6.07 Å². The quantitative estimate of drug-likeness (QED) is 0.793. The topological polar surface area (TPSA) is 35.6 Å². The molecule has 2 amide bonds. The van der Waals surface area contributed by atoms with Gasteiger partial charge in [-0.2, -0.15) is 13.2 Å². The maximum absolute atomic E-state index is 13.1. The molecule has 0 saturated heterocycles. The second-order valence-electron chi connectivity index (χ2n) is 6.85. The van der Waals surface area contributed by atoms with Crippen molar-refractivity contribution in [1.29, 1.82) is 0 Å². The Morgan fingerprint density at radius 3 is 2.39 bits per heavy atom. The Labute approximate surface area is 162 Å². The van der Waals surface area contributed by atoms with Crippen LogP contribution in [0.3, 0.4) is 0 Å². The summed E-state index contributed by atoms with van der Waals surface area (Å²) < 4.78 is 39.2. The smallest absolute Gasteiger partial charge is 0.376 e.